The van der Waals surface area contributed by atoms with E-state index in [1.807, 2.05) is 29.2 Å². The zero-order chi connectivity index (χ0) is 16.2. The SMILES string of the molecule is O=C1CCCN1c1ccc(CN=Cc2cc(Cl)ccc2O)cc1. The minimum absolute atomic E-state index is 0.154. The van der Waals surface area contributed by atoms with Crippen LogP contribution in [0.2, 0.25) is 5.02 Å². The molecule has 2 aromatic carbocycles. The van der Waals surface area contributed by atoms with Crippen LogP contribution in [0.3, 0.4) is 0 Å². The lowest BCUT2D eigenvalue weighted by molar-refractivity contribution is -0.117. The maximum Gasteiger partial charge on any atom is 0.227 e. The molecule has 5 heteroatoms. The van der Waals surface area contributed by atoms with Crippen molar-refractivity contribution < 1.29 is 9.90 Å². The number of benzene rings is 2. The maximum atomic E-state index is 11.7. The Kier molecular flexibility index (Phi) is 4.63. The highest BCUT2D eigenvalue weighted by atomic mass is 35.5. The highest BCUT2D eigenvalue weighted by molar-refractivity contribution is 6.30. The lowest BCUT2D eigenvalue weighted by Gasteiger charge is -2.15. The van der Waals surface area contributed by atoms with Crippen molar-refractivity contribution in [3.63, 3.8) is 0 Å². The van der Waals surface area contributed by atoms with E-state index in [2.05, 4.69) is 4.99 Å². The van der Waals surface area contributed by atoms with Crippen molar-refractivity contribution in [3.05, 3.63) is 58.6 Å². The molecule has 1 aliphatic heterocycles. The normalized spacial score (nSPS) is 14.8. The summed E-state index contributed by atoms with van der Waals surface area (Å²) in [7, 11) is 0. The van der Waals surface area contributed by atoms with E-state index in [9.17, 15) is 9.90 Å². The minimum Gasteiger partial charge on any atom is -0.507 e. The van der Waals surface area contributed by atoms with E-state index in [0.29, 0.717) is 23.6 Å². The van der Waals surface area contributed by atoms with Crippen molar-refractivity contribution in [3.8, 4) is 5.75 Å². The van der Waals surface area contributed by atoms with E-state index in [1.54, 1.807) is 24.4 Å². The van der Waals surface area contributed by atoms with E-state index in [0.717, 1.165) is 24.2 Å². The first kappa shape index (κ1) is 15.6. The summed E-state index contributed by atoms with van der Waals surface area (Å²) in [6.45, 7) is 1.30. The Morgan fingerprint density at radius 2 is 2.00 bits per heavy atom. The molecule has 0 aliphatic carbocycles. The number of phenolic OH excluding ortho intramolecular Hbond substituents is 1. The standard InChI is InChI=1S/C18H17ClN2O2/c19-15-5-8-17(22)14(10-15)12-20-11-13-3-6-16(7-4-13)21-9-1-2-18(21)23/h3-8,10,12,22H,1-2,9,11H2. The average molecular weight is 329 g/mol. The Balaban J connectivity index is 1.65. The van der Waals surface area contributed by atoms with Crippen molar-refractivity contribution in [1.82, 2.24) is 0 Å². The number of carbonyl (C=O) groups is 1. The number of aromatic hydroxyl groups is 1. The van der Waals surface area contributed by atoms with Crippen LogP contribution in [-0.4, -0.2) is 23.8 Å². The summed E-state index contributed by atoms with van der Waals surface area (Å²) in [5.74, 6) is 0.341. The van der Waals surface area contributed by atoms with Crippen LogP contribution in [0.15, 0.2) is 47.5 Å². The van der Waals surface area contributed by atoms with Gasteiger partial charge in [0.25, 0.3) is 0 Å². The van der Waals surface area contributed by atoms with E-state index in [1.165, 1.54) is 0 Å². The lowest BCUT2D eigenvalue weighted by atomic mass is 10.2. The molecule has 1 fully saturated rings. The third-order valence-electron chi connectivity index (χ3n) is 3.82. The van der Waals surface area contributed by atoms with Crippen molar-refractivity contribution in [2.45, 2.75) is 19.4 Å². The second kappa shape index (κ2) is 6.84. The van der Waals surface area contributed by atoms with Crippen molar-refractivity contribution >= 4 is 29.4 Å². The fraction of sp³-hybridized carbons (Fsp3) is 0.222. The van der Waals surface area contributed by atoms with Crippen molar-refractivity contribution in [2.24, 2.45) is 4.99 Å². The molecule has 1 saturated heterocycles. The number of hydrogen-bond acceptors (Lipinski definition) is 3. The Hall–Kier alpha value is -2.33. The Labute approximate surface area is 140 Å². The van der Waals surface area contributed by atoms with Crippen LogP contribution in [0.4, 0.5) is 5.69 Å². The van der Waals surface area contributed by atoms with Crippen LogP contribution in [-0.2, 0) is 11.3 Å². The zero-order valence-electron chi connectivity index (χ0n) is 12.6. The van der Waals surface area contributed by atoms with Gasteiger partial charge in [-0.2, -0.15) is 0 Å². The van der Waals surface area contributed by atoms with Gasteiger partial charge in [-0.3, -0.25) is 9.79 Å². The van der Waals surface area contributed by atoms with Gasteiger partial charge in [0, 0.05) is 35.5 Å². The number of nitrogens with zero attached hydrogens (tertiary/aromatic N) is 2. The van der Waals surface area contributed by atoms with E-state index >= 15 is 0 Å². The minimum atomic E-state index is 0.154. The Bertz CT molecular complexity index is 741. The van der Waals surface area contributed by atoms with Gasteiger partial charge in [0.15, 0.2) is 0 Å². The zero-order valence-corrected chi connectivity index (χ0v) is 13.3. The predicted molar refractivity (Wildman–Crippen MR) is 92.4 cm³/mol. The highest BCUT2D eigenvalue weighted by Crippen LogP contribution is 2.22. The monoisotopic (exact) mass is 328 g/mol. The van der Waals surface area contributed by atoms with Gasteiger partial charge in [-0.1, -0.05) is 23.7 Å². The average Bonchev–Trinajstić information content (AvgIpc) is 2.97. The molecule has 0 unspecified atom stereocenters. The molecule has 1 aliphatic rings. The molecule has 0 atom stereocenters. The van der Waals surface area contributed by atoms with Crippen LogP contribution in [0.25, 0.3) is 0 Å². The topological polar surface area (TPSA) is 52.9 Å². The van der Waals surface area contributed by atoms with Gasteiger partial charge in [-0.05, 0) is 42.3 Å². The first-order valence-corrected chi connectivity index (χ1v) is 7.89. The number of anilines is 1. The number of amides is 1. The molecule has 1 amide bonds. The van der Waals surface area contributed by atoms with Crippen LogP contribution >= 0.6 is 11.6 Å². The second-order valence-corrected chi connectivity index (χ2v) is 5.92. The molecule has 0 spiro atoms. The molecule has 1 N–H and O–H groups in total. The molecule has 0 bridgehead atoms. The summed E-state index contributed by atoms with van der Waals surface area (Å²) in [5, 5.41) is 10.3. The molecule has 1 heterocycles. The van der Waals surface area contributed by atoms with E-state index < -0.39 is 0 Å². The third-order valence-corrected chi connectivity index (χ3v) is 4.05. The summed E-state index contributed by atoms with van der Waals surface area (Å²) in [5.41, 5.74) is 2.57. The second-order valence-electron chi connectivity index (χ2n) is 5.49. The van der Waals surface area contributed by atoms with E-state index in [-0.39, 0.29) is 11.7 Å². The van der Waals surface area contributed by atoms with Crippen LogP contribution < -0.4 is 4.90 Å². The van der Waals surface area contributed by atoms with Gasteiger partial charge in [-0.15, -0.1) is 0 Å². The molecule has 4 nitrogen and oxygen atoms in total. The number of rotatable bonds is 4. The number of phenols is 1. The van der Waals surface area contributed by atoms with Gasteiger partial charge in [0.1, 0.15) is 5.75 Å². The quantitative estimate of drug-likeness (QED) is 0.868. The molecule has 23 heavy (non-hydrogen) atoms. The summed E-state index contributed by atoms with van der Waals surface area (Å²) in [6, 6.07) is 12.7. The maximum absolute atomic E-state index is 11.7. The molecule has 0 aromatic heterocycles. The van der Waals surface area contributed by atoms with Crippen molar-refractivity contribution in [1.29, 1.82) is 0 Å². The van der Waals surface area contributed by atoms with Gasteiger partial charge in [0.05, 0.1) is 6.54 Å². The number of hydrogen-bond donors (Lipinski definition) is 1. The lowest BCUT2D eigenvalue weighted by Crippen LogP contribution is -2.23. The highest BCUT2D eigenvalue weighted by Gasteiger charge is 2.21. The molecule has 0 saturated carbocycles. The third kappa shape index (κ3) is 3.71. The Morgan fingerprint density at radius 1 is 1.22 bits per heavy atom. The first-order valence-electron chi connectivity index (χ1n) is 7.51. The van der Waals surface area contributed by atoms with E-state index in [4.69, 9.17) is 11.6 Å². The first-order chi connectivity index (χ1) is 11.1. The fourth-order valence-electron chi connectivity index (χ4n) is 2.58. The number of aliphatic imine (C=N–C) groups is 1. The summed E-state index contributed by atoms with van der Waals surface area (Å²) >= 11 is 5.90. The molecule has 0 radical (unpaired) electrons. The summed E-state index contributed by atoms with van der Waals surface area (Å²) in [6.07, 6.45) is 3.17. The van der Waals surface area contributed by atoms with Gasteiger partial charge in [0.2, 0.25) is 5.91 Å². The number of carbonyl (C=O) groups excluding carboxylic acids is 1. The van der Waals surface area contributed by atoms with Crippen molar-refractivity contribution in [2.75, 3.05) is 11.4 Å². The molecular weight excluding hydrogens is 312 g/mol. The summed E-state index contributed by atoms with van der Waals surface area (Å²) < 4.78 is 0. The van der Waals surface area contributed by atoms with Gasteiger partial charge < -0.3 is 10.0 Å². The molecular formula is C18H17ClN2O2. The van der Waals surface area contributed by atoms with Crippen LogP contribution in [0, 0.1) is 0 Å². The van der Waals surface area contributed by atoms with Gasteiger partial charge >= 0.3 is 0 Å². The fourth-order valence-corrected chi connectivity index (χ4v) is 2.76. The predicted octanol–water partition coefficient (Wildman–Crippen LogP) is 3.79. The smallest absolute Gasteiger partial charge is 0.227 e. The molecule has 2 aromatic rings. The Morgan fingerprint density at radius 3 is 2.70 bits per heavy atom. The van der Waals surface area contributed by atoms with Gasteiger partial charge in [-0.25, -0.2) is 0 Å². The van der Waals surface area contributed by atoms with Crippen LogP contribution in [0.5, 0.6) is 5.75 Å². The molecule has 3 rings (SSSR count). The summed E-state index contributed by atoms with van der Waals surface area (Å²) in [4.78, 5) is 17.9. The van der Waals surface area contributed by atoms with Crippen LogP contribution in [0.1, 0.15) is 24.0 Å². The largest absolute Gasteiger partial charge is 0.507 e. The number of halogens is 1. The molecule has 118 valence electrons.